The zero-order valence-corrected chi connectivity index (χ0v) is 7.88. The molecule has 0 aliphatic heterocycles. The van der Waals surface area contributed by atoms with E-state index in [2.05, 4.69) is 10.3 Å². The van der Waals surface area contributed by atoms with Crippen LogP contribution in [0.25, 0.3) is 0 Å². The van der Waals surface area contributed by atoms with Gasteiger partial charge in [0.1, 0.15) is 0 Å². The summed E-state index contributed by atoms with van der Waals surface area (Å²) in [4.78, 5) is 15.0. The summed E-state index contributed by atoms with van der Waals surface area (Å²) in [5, 5.41) is 3.00. The minimum atomic E-state index is -0.559. The lowest BCUT2D eigenvalue weighted by Crippen LogP contribution is -2.32. The number of carbonyl (C=O) groups is 1. The molecule has 1 heterocycles. The molecule has 4 nitrogen and oxygen atoms in total. The summed E-state index contributed by atoms with van der Waals surface area (Å²) in [7, 11) is 0. The summed E-state index contributed by atoms with van der Waals surface area (Å²) in [6, 6.07) is 1.04. The molecule has 0 spiro atoms. The van der Waals surface area contributed by atoms with Crippen LogP contribution in [0.1, 0.15) is 6.92 Å². The molecule has 1 rings (SSSR count). The van der Waals surface area contributed by atoms with Gasteiger partial charge >= 0.3 is 0 Å². The van der Waals surface area contributed by atoms with Gasteiger partial charge in [0.05, 0.1) is 22.9 Å². The highest BCUT2D eigenvalue weighted by atomic mass is 35.5. The van der Waals surface area contributed by atoms with E-state index >= 15 is 0 Å². The number of hydrogen-bond acceptors (Lipinski definition) is 3. The van der Waals surface area contributed by atoms with E-state index in [0.717, 1.165) is 0 Å². The van der Waals surface area contributed by atoms with Gasteiger partial charge in [-0.05, 0) is 13.0 Å². The van der Waals surface area contributed by atoms with Crippen molar-refractivity contribution in [1.82, 2.24) is 4.98 Å². The molecule has 1 aromatic heterocycles. The minimum absolute atomic E-state index is 0.282. The van der Waals surface area contributed by atoms with Crippen LogP contribution in [0.5, 0.6) is 0 Å². The lowest BCUT2D eigenvalue weighted by molar-refractivity contribution is -0.117. The van der Waals surface area contributed by atoms with Crippen molar-refractivity contribution < 1.29 is 4.79 Å². The number of halogens is 1. The van der Waals surface area contributed by atoms with Crippen LogP contribution in [0, 0.1) is 0 Å². The molecule has 0 fully saturated rings. The predicted molar refractivity (Wildman–Crippen MR) is 51.5 cm³/mol. The third-order valence-corrected chi connectivity index (χ3v) is 1.77. The highest BCUT2D eigenvalue weighted by Crippen LogP contribution is 2.18. The summed E-state index contributed by atoms with van der Waals surface area (Å²) in [5.41, 5.74) is 5.84. The number of rotatable bonds is 2. The fourth-order valence-electron chi connectivity index (χ4n) is 0.716. The maximum atomic E-state index is 11.1. The lowest BCUT2D eigenvalue weighted by Gasteiger charge is -2.07. The van der Waals surface area contributed by atoms with Crippen LogP contribution in [0.2, 0.25) is 5.02 Å². The van der Waals surface area contributed by atoms with Gasteiger partial charge in [-0.3, -0.25) is 9.78 Å². The van der Waals surface area contributed by atoms with Gasteiger partial charge in [-0.1, -0.05) is 11.6 Å². The molecule has 0 aromatic carbocycles. The molecule has 0 bridgehead atoms. The van der Waals surface area contributed by atoms with Gasteiger partial charge in [0.15, 0.2) is 0 Å². The van der Waals surface area contributed by atoms with Crippen molar-refractivity contribution in [3.05, 3.63) is 23.5 Å². The van der Waals surface area contributed by atoms with E-state index in [0.29, 0.717) is 10.7 Å². The Kier molecular flexibility index (Phi) is 3.22. The third kappa shape index (κ3) is 2.68. The largest absolute Gasteiger partial charge is 0.322 e. The first-order valence-electron chi connectivity index (χ1n) is 3.77. The molecule has 70 valence electrons. The Bertz CT molecular complexity index is 314. The summed E-state index contributed by atoms with van der Waals surface area (Å²) in [6.45, 7) is 1.60. The molecule has 0 radical (unpaired) electrons. The van der Waals surface area contributed by atoms with E-state index < -0.39 is 6.04 Å². The quantitative estimate of drug-likeness (QED) is 0.748. The van der Waals surface area contributed by atoms with Crippen molar-refractivity contribution >= 4 is 23.2 Å². The van der Waals surface area contributed by atoms with Gasteiger partial charge < -0.3 is 11.1 Å². The van der Waals surface area contributed by atoms with Crippen molar-refractivity contribution in [2.45, 2.75) is 13.0 Å². The molecule has 1 amide bonds. The normalized spacial score (nSPS) is 12.2. The highest BCUT2D eigenvalue weighted by Gasteiger charge is 2.08. The van der Waals surface area contributed by atoms with Gasteiger partial charge in [-0.25, -0.2) is 0 Å². The zero-order valence-electron chi connectivity index (χ0n) is 7.12. The Morgan fingerprint density at radius 3 is 3.00 bits per heavy atom. The Morgan fingerprint density at radius 2 is 2.46 bits per heavy atom. The van der Waals surface area contributed by atoms with Crippen LogP contribution < -0.4 is 11.1 Å². The monoisotopic (exact) mass is 199 g/mol. The van der Waals surface area contributed by atoms with Crippen molar-refractivity contribution in [2.24, 2.45) is 5.73 Å². The molecular formula is C8H10ClN3O. The average molecular weight is 200 g/mol. The smallest absolute Gasteiger partial charge is 0.241 e. The Labute approximate surface area is 81.1 Å². The Hall–Kier alpha value is -1.13. The standard InChI is InChI=1S/C8H10ClN3O/c1-5(10)8(13)12-7-4-11-3-2-6(7)9/h2-5H,10H2,1H3,(H,12,13)/t5-/m0/s1. The number of amides is 1. The number of anilines is 1. The van der Waals surface area contributed by atoms with E-state index in [-0.39, 0.29) is 5.91 Å². The molecule has 5 heteroatoms. The van der Waals surface area contributed by atoms with Crippen molar-refractivity contribution in [2.75, 3.05) is 5.32 Å². The minimum Gasteiger partial charge on any atom is -0.322 e. The molecule has 0 aliphatic rings. The Morgan fingerprint density at radius 1 is 1.77 bits per heavy atom. The fourth-order valence-corrected chi connectivity index (χ4v) is 0.868. The number of nitrogens with one attached hydrogen (secondary N) is 1. The second kappa shape index (κ2) is 4.20. The van der Waals surface area contributed by atoms with Crippen LogP contribution in [-0.2, 0) is 4.79 Å². The fraction of sp³-hybridized carbons (Fsp3) is 0.250. The second-order valence-electron chi connectivity index (χ2n) is 2.63. The number of nitrogens with two attached hydrogens (primary N) is 1. The number of aromatic nitrogens is 1. The average Bonchev–Trinajstić information content (AvgIpc) is 2.08. The summed E-state index contributed by atoms with van der Waals surface area (Å²) >= 11 is 5.78. The van der Waals surface area contributed by atoms with Crippen molar-refractivity contribution in [3.8, 4) is 0 Å². The molecule has 1 aromatic rings. The van der Waals surface area contributed by atoms with E-state index in [1.807, 2.05) is 0 Å². The van der Waals surface area contributed by atoms with Crippen LogP contribution in [0.15, 0.2) is 18.5 Å². The molecule has 13 heavy (non-hydrogen) atoms. The summed E-state index contributed by atoms with van der Waals surface area (Å²) < 4.78 is 0. The number of nitrogens with zero attached hydrogens (tertiary/aromatic N) is 1. The number of hydrogen-bond donors (Lipinski definition) is 2. The Balaban J connectivity index is 2.75. The first kappa shape index (κ1) is 9.95. The van der Waals surface area contributed by atoms with E-state index in [9.17, 15) is 4.79 Å². The van der Waals surface area contributed by atoms with E-state index in [1.54, 1.807) is 19.2 Å². The molecule has 0 unspecified atom stereocenters. The van der Waals surface area contributed by atoms with Crippen LogP contribution >= 0.6 is 11.6 Å². The maximum absolute atomic E-state index is 11.1. The van der Waals surface area contributed by atoms with E-state index in [4.69, 9.17) is 17.3 Å². The first-order chi connectivity index (χ1) is 6.11. The van der Waals surface area contributed by atoms with Gasteiger partial charge in [-0.15, -0.1) is 0 Å². The number of pyridine rings is 1. The van der Waals surface area contributed by atoms with Crippen LogP contribution in [0.3, 0.4) is 0 Å². The summed E-state index contributed by atoms with van der Waals surface area (Å²) in [6.07, 6.45) is 3.02. The number of carbonyl (C=O) groups excluding carboxylic acids is 1. The maximum Gasteiger partial charge on any atom is 0.241 e. The molecule has 1 atom stereocenters. The second-order valence-corrected chi connectivity index (χ2v) is 3.04. The predicted octanol–water partition coefficient (Wildman–Crippen LogP) is 1.02. The zero-order chi connectivity index (χ0) is 9.84. The first-order valence-corrected chi connectivity index (χ1v) is 4.15. The van der Waals surface area contributed by atoms with Gasteiger partial charge in [-0.2, -0.15) is 0 Å². The topological polar surface area (TPSA) is 68.0 Å². The van der Waals surface area contributed by atoms with Crippen molar-refractivity contribution in [3.63, 3.8) is 0 Å². The van der Waals surface area contributed by atoms with Crippen LogP contribution in [0.4, 0.5) is 5.69 Å². The van der Waals surface area contributed by atoms with Gasteiger partial charge in [0.2, 0.25) is 5.91 Å². The van der Waals surface area contributed by atoms with E-state index in [1.165, 1.54) is 6.20 Å². The lowest BCUT2D eigenvalue weighted by atomic mass is 10.3. The van der Waals surface area contributed by atoms with Crippen molar-refractivity contribution in [1.29, 1.82) is 0 Å². The third-order valence-electron chi connectivity index (χ3n) is 1.44. The molecular weight excluding hydrogens is 190 g/mol. The molecule has 0 aliphatic carbocycles. The van der Waals surface area contributed by atoms with Crippen LogP contribution in [-0.4, -0.2) is 16.9 Å². The molecule has 3 N–H and O–H groups in total. The highest BCUT2D eigenvalue weighted by molar-refractivity contribution is 6.33. The SMILES string of the molecule is C[C@H](N)C(=O)Nc1cnccc1Cl. The van der Waals surface area contributed by atoms with Gasteiger partial charge in [0, 0.05) is 6.20 Å². The summed E-state index contributed by atoms with van der Waals surface area (Å²) in [5.74, 6) is -0.282. The molecule has 0 saturated carbocycles. The van der Waals surface area contributed by atoms with Gasteiger partial charge in [0.25, 0.3) is 0 Å². The molecule has 0 saturated heterocycles.